The second kappa shape index (κ2) is 6.10. The molecule has 0 unspecified atom stereocenters. The highest BCUT2D eigenvalue weighted by Crippen LogP contribution is 2.23. The highest BCUT2D eigenvalue weighted by Gasteiger charge is 2.17. The number of benzene rings is 1. The van der Waals surface area contributed by atoms with Gasteiger partial charge in [-0.1, -0.05) is 18.2 Å². The minimum Gasteiger partial charge on any atom is -0.477 e. The fraction of sp³-hybridized carbons (Fsp3) is 0.375. The van der Waals surface area contributed by atoms with Crippen molar-refractivity contribution in [1.82, 2.24) is 4.98 Å². The van der Waals surface area contributed by atoms with Gasteiger partial charge in [0.25, 0.3) is 0 Å². The monoisotopic (exact) mass is 285 g/mol. The average molecular weight is 285 g/mol. The summed E-state index contributed by atoms with van der Waals surface area (Å²) in [6, 6.07) is 9.63. The fourth-order valence-electron chi connectivity index (χ4n) is 2.51. The normalized spacial score (nSPS) is 16.0. The molecule has 2 heterocycles. The highest BCUT2D eigenvalue weighted by atomic mass is 16.5. The lowest BCUT2D eigenvalue weighted by atomic mass is 10.0. The lowest BCUT2D eigenvalue weighted by Gasteiger charge is -2.22. The van der Waals surface area contributed by atoms with Crippen molar-refractivity contribution >= 4 is 16.7 Å². The molecule has 5 heteroatoms. The van der Waals surface area contributed by atoms with Crippen LogP contribution in [0.2, 0.25) is 0 Å². The SMILES string of the molecule is N=C(N)c1cc2ccccc2nc1OCC1CCOCC1. The van der Waals surface area contributed by atoms with Crippen LogP contribution in [-0.4, -0.2) is 30.6 Å². The number of pyridine rings is 1. The van der Waals surface area contributed by atoms with E-state index in [1.54, 1.807) is 0 Å². The number of aromatic nitrogens is 1. The molecule has 1 saturated heterocycles. The Morgan fingerprint density at radius 2 is 2.10 bits per heavy atom. The van der Waals surface area contributed by atoms with E-state index in [0.29, 0.717) is 24.0 Å². The Kier molecular flexibility index (Phi) is 4.01. The third-order valence-electron chi connectivity index (χ3n) is 3.78. The molecule has 110 valence electrons. The fourth-order valence-corrected chi connectivity index (χ4v) is 2.51. The quantitative estimate of drug-likeness (QED) is 0.667. The third-order valence-corrected chi connectivity index (χ3v) is 3.78. The van der Waals surface area contributed by atoms with Gasteiger partial charge in [-0.2, -0.15) is 0 Å². The predicted octanol–water partition coefficient (Wildman–Crippen LogP) is 2.32. The van der Waals surface area contributed by atoms with E-state index in [1.165, 1.54) is 0 Å². The molecule has 21 heavy (non-hydrogen) atoms. The molecule has 0 atom stereocenters. The van der Waals surface area contributed by atoms with Crippen LogP contribution in [0.1, 0.15) is 18.4 Å². The smallest absolute Gasteiger partial charge is 0.225 e. The molecule has 0 radical (unpaired) electrons. The summed E-state index contributed by atoms with van der Waals surface area (Å²) in [6.07, 6.45) is 2.01. The summed E-state index contributed by atoms with van der Waals surface area (Å²) in [7, 11) is 0. The van der Waals surface area contributed by atoms with E-state index in [1.807, 2.05) is 30.3 Å². The Bertz CT molecular complexity index is 651. The second-order valence-electron chi connectivity index (χ2n) is 5.31. The second-order valence-corrected chi connectivity index (χ2v) is 5.31. The van der Waals surface area contributed by atoms with Crippen LogP contribution in [0.5, 0.6) is 5.88 Å². The predicted molar refractivity (Wildman–Crippen MR) is 81.8 cm³/mol. The zero-order valence-corrected chi connectivity index (χ0v) is 11.8. The topological polar surface area (TPSA) is 81.2 Å². The van der Waals surface area contributed by atoms with Crippen molar-refractivity contribution in [3.8, 4) is 5.88 Å². The third kappa shape index (κ3) is 3.13. The molecule has 0 amide bonds. The Labute approximate surface area is 123 Å². The number of para-hydroxylation sites is 1. The van der Waals surface area contributed by atoms with E-state index >= 15 is 0 Å². The molecule has 2 aromatic rings. The van der Waals surface area contributed by atoms with E-state index in [9.17, 15) is 0 Å². The van der Waals surface area contributed by atoms with Crippen LogP contribution in [0.25, 0.3) is 10.9 Å². The maximum atomic E-state index is 7.71. The van der Waals surface area contributed by atoms with Crippen LogP contribution < -0.4 is 10.5 Å². The minimum absolute atomic E-state index is 0.0183. The molecule has 1 fully saturated rings. The van der Waals surface area contributed by atoms with Crippen molar-refractivity contribution in [1.29, 1.82) is 5.41 Å². The van der Waals surface area contributed by atoms with Crippen LogP contribution >= 0.6 is 0 Å². The first kappa shape index (κ1) is 13.8. The Hall–Kier alpha value is -2.14. The van der Waals surface area contributed by atoms with Crippen LogP contribution in [0.4, 0.5) is 0 Å². The molecule has 1 aliphatic heterocycles. The van der Waals surface area contributed by atoms with Gasteiger partial charge < -0.3 is 15.2 Å². The first-order valence-electron chi connectivity index (χ1n) is 7.19. The van der Waals surface area contributed by atoms with Gasteiger partial charge in [0.15, 0.2) is 0 Å². The zero-order valence-electron chi connectivity index (χ0n) is 11.8. The number of nitrogens with zero attached hydrogens (tertiary/aromatic N) is 1. The molecular formula is C16H19N3O2. The molecule has 0 aliphatic carbocycles. The van der Waals surface area contributed by atoms with Crippen molar-refractivity contribution in [2.24, 2.45) is 11.7 Å². The van der Waals surface area contributed by atoms with Gasteiger partial charge in [0.1, 0.15) is 5.84 Å². The number of ether oxygens (including phenoxy) is 2. The van der Waals surface area contributed by atoms with Gasteiger partial charge in [-0.15, -0.1) is 0 Å². The van der Waals surface area contributed by atoms with Crippen molar-refractivity contribution in [2.75, 3.05) is 19.8 Å². The number of fused-ring (bicyclic) bond motifs is 1. The van der Waals surface area contributed by atoms with Crippen LogP contribution in [0.15, 0.2) is 30.3 Å². The number of nitrogens with two attached hydrogens (primary N) is 1. The minimum atomic E-state index is -0.0183. The van der Waals surface area contributed by atoms with Gasteiger partial charge in [0, 0.05) is 18.6 Å². The van der Waals surface area contributed by atoms with Crippen molar-refractivity contribution < 1.29 is 9.47 Å². The number of nitrogens with one attached hydrogen (secondary N) is 1. The van der Waals surface area contributed by atoms with Crippen LogP contribution in [0.3, 0.4) is 0 Å². The Morgan fingerprint density at radius 1 is 1.33 bits per heavy atom. The van der Waals surface area contributed by atoms with Gasteiger partial charge >= 0.3 is 0 Å². The molecule has 1 aromatic carbocycles. The van der Waals surface area contributed by atoms with E-state index in [-0.39, 0.29) is 5.84 Å². The van der Waals surface area contributed by atoms with Gasteiger partial charge in [-0.25, -0.2) is 4.98 Å². The molecule has 0 saturated carbocycles. The van der Waals surface area contributed by atoms with E-state index in [4.69, 9.17) is 20.6 Å². The lowest BCUT2D eigenvalue weighted by Crippen LogP contribution is -2.23. The summed E-state index contributed by atoms with van der Waals surface area (Å²) in [5.41, 5.74) is 7.07. The Morgan fingerprint density at radius 3 is 2.86 bits per heavy atom. The first-order valence-corrected chi connectivity index (χ1v) is 7.19. The summed E-state index contributed by atoms with van der Waals surface area (Å²) in [5, 5.41) is 8.67. The number of rotatable bonds is 4. The van der Waals surface area contributed by atoms with E-state index in [0.717, 1.165) is 37.0 Å². The lowest BCUT2D eigenvalue weighted by molar-refractivity contribution is 0.0490. The largest absolute Gasteiger partial charge is 0.477 e. The molecule has 3 rings (SSSR count). The Balaban J connectivity index is 1.84. The molecule has 1 aromatic heterocycles. The number of nitrogen functional groups attached to an aromatic ring is 1. The first-order chi connectivity index (χ1) is 10.2. The van der Waals surface area contributed by atoms with Gasteiger partial charge in [0.2, 0.25) is 5.88 Å². The summed E-state index contributed by atoms with van der Waals surface area (Å²) in [4.78, 5) is 4.51. The molecular weight excluding hydrogens is 266 g/mol. The van der Waals surface area contributed by atoms with Crippen molar-refractivity contribution in [2.45, 2.75) is 12.8 Å². The molecule has 0 spiro atoms. The molecule has 5 nitrogen and oxygen atoms in total. The van der Waals surface area contributed by atoms with E-state index < -0.39 is 0 Å². The maximum Gasteiger partial charge on any atom is 0.225 e. The summed E-state index contributed by atoms with van der Waals surface area (Å²) < 4.78 is 11.2. The zero-order chi connectivity index (χ0) is 14.7. The number of amidine groups is 1. The van der Waals surface area contributed by atoms with Crippen LogP contribution in [0, 0.1) is 11.3 Å². The van der Waals surface area contributed by atoms with Gasteiger partial charge in [-0.3, -0.25) is 5.41 Å². The summed E-state index contributed by atoms with van der Waals surface area (Å²) in [6.45, 7) is 2.17. The van der Waals surface area contributed by atoms with E-state index in [2.05, 4.69) is 4.98 Å². The van der Waals surface area contributed by atoms with Crippen molar-refractivity contribution in [3.05, 3.63) is 35.9 Å². The summed E-state index contributed by atoms with van der Waals surface area (Å²) >= 11 is 0. The van der Waals surface area contributed by atoms with Gasteiger partial charge in [-0.05, 0) is 30.9 Å². The average Bonchev–Trinajstić information content (AvgIpc) is 2.53. The van der Waals surface area contributed by atoms with Crippen LogP contribution in [-0.2, 0) is 4.74 Å². The molecule has 3 N–H and O–H groups in total. The highest BCUT2D eigenvalue weighted by molar-refractivity contribution is 6.00. The summed E-state index contributed by atoms with van der Waals surface area (Å²) in [5.74, 6) is 0.912. The van der Waals surface area contributed by atoms with Gasteiger partial charge in [0.05, 0.1) is 17.7 Å². The standard InChI is InChI=1S/C16H19N3O2/c17-15(18)13-9-12-3-1-2-4-14(12)19-16(13)21-10-11-5-7-20-8-6-11/h1-4,9,11H,5-8,10H2,(H3,17,18). The number of hydrogen-bond donors (Lipinski definition) is 2. The maximum absolute atomic E-state index is 7.71. The molecule has 1 aliphatic rings. The van der Waals surface area contributed by atoms with Crippen molar-refractivity contribution in [3.63, 3.8) is 0 Å². The molecule has 0 bridgehead atoms. The number of hydrogen-bond acceptors (Lipinski definition) is 4.